The van der Waals surface area contributed by atoms with Gasteiger partial charge in [0, 0.05) is 30.4 Å². The third-order valence-corrected chi connectivity index (χ3v) is 3.76. The van der Waals surface area contributed by atoms with Crippen molar-refractivity contribution >= 4 is 17.3 Å². The predicted molar refractivity (Wildman–Crippen MR) is 84.2 cm³/mol. The van der Waals surface area contributed by atoms with Gasteiger partial charge < -0.3 is 16.0 Å². The van der Waals surface area contributed by atoms with Crippen LogP contribution >= 0.6 is 0 Å². The maximum absolute atomic E-state index is 11.2. The minimum atomic E-state index is -0.0338. The highest BCUT2D eigenvalue weighted by molar-refractivity contribution is 5.90. The topological polar surface area (TPSA) is 53.2 Å². The SMILES string of the molecule is CC(=O)Nc1cc(NC(C)CC2CCCN2)ccc1C. The van der Waals surface area contributed by atoms with Crippen LogP contribution in [0, 0.1) is 6.92 Å². The average Bonchev–Trinajstić information content (AvgIpc) is 2.85. The zero-order chi connectivity index (χ0) is 14.5. The summed E-state index contributed by atoms with van der Waals surface area (Å²) < 4.78 is 0. The highest BCUT2D eigenvalue weighted by Gasteiger charge is 2.17. The second kappa shape index (κ2) is 6.75. The van der Waals surface area contributed by atoms with E-state index in [1.807, 2.05) is 19.1 Å². The lowest BCUT2D eigenvalue weighted by atomic mass is 10.1. The largest absolute Gasteiger partial charge is 0.382 e. The van der Waals surface area contributed by atoms with E-state index in [4.69, 9.17) is 0 Å². The van der Waals surface area contributed by atoms with Crippen molar-refractivity contribution in [3.63, 3.8) is 0 Å². The van der Waals surface area contributed by atoms with E-state index in [1.165, 1.54) is 19.8 Å². The zero-order valence-corrected chi connectivity index (χ0v) is 12.6. The molecule has 0 aromatic heterocycles. The van der Waals surface area contributed by atoms with Crippen LogP contribution in [0.5, 0.6) is 0 Å². The Labute approximate surface area is 121 Å². The lowest BCUT2D eigenvalue weighted by Gasteiger charge is -2.20. The minimum Gasteiger partial charge on any atom is -0.382 e. The van der Waals surface area contributed by atoms with E-state index in [2.05, 4.69) is 28.9 Å². The van der Waals surface area contributed by atoms with Crippen LogP contribution in [0.3, 0.4) is 0 Å². The molecule has 1 aliphatic rings. The Hall–Kier alpha value is -1.55. The first-order valence-electron chi connectivity index (χ1n) is 7.43. The Morgan fingerprint density at radius 2 is 2.30 bits per heavy atom. The van der Waals surface area contributed by atoms with Gasteiger partial charge in [0.15, 0.2) is 0 Å². The molecule has 0 bridgehead atoms. The maximum Gasteiger partial charge on any atom is 0.221 e. The summed E-state index contributed by atoms with van der Waals surface area (Å²) in [5.74, 6) is -0.0338. The normalized spacial score (nSPS) is 19.6. The molecule has 1 heterocycles. The van der Waals surface area contributed by atoms with E-state index in [0.717, 1.165) is 29.9 Å². The predicted octanol–water partition coefficient (Wildman–Crippen LogP) is 2.90. The third-order valence-electron chi connectivity index (χ3n) is 3.76. The summed E-state index contributed by atoms with van der Waals surface area (Å²) in [5.41, 5.74) is 3.02. The van der Waals surface area contributed by atoms with Crippen molar-refractivity contribution < 1.29 is 4.79 Å². The Morgan fingerprint density at radius 3 is 2.95 bits per heavy atom. The number of carbonyl (C=O) groups excluding carboxylic acids is 1. The quantitative estimate of drug-likeness (QED) is 0.774. The molecule has 110 valence electrons. The van der Waals surface area contributed by atoms with Gasteiger partial charge in [-0.25, -0.2) is 0 Å². The second-order valence-corrected chi connectivity index (χ2v) is 5.79. The first-order chi connectivity index (χ1) is 9.54. The second-order valence-electron chi connectivity index (χ2n) is 5.79. The minimum absolute atomic E-state index is 0.0338. The van der Waals surface area contributed by atoms with E-state index < -0.39 is 0 Å². The summed E-state index contributed by atoms with van der Waals surface area (Å²) in [6.45, 7) is 6.89. The van der Waals surface area contributed by atoms with E-state index in [0.29, 0.717) is 12.1 Å². The number of benzene rings is 1. The van der Waals surface area contributed by atoms with Crippen molar-refractivity contribution in [1.29, 1.82) is 0 Å². The lowest BCUT2D eigenvalue weighted by Crippen LogP contribution is -2.29. The van der Waals surface area contributed by atoms with Crippen LogP contribution in [0.1, 0.15) is 38.7 Å². The molecule has 2 atom stereocenters. The number of hydrogen-bond acceptors (Lipinski definition) is 3. The molecule has 1 aromatic rings. The summed E-state index contributed by atoms with van der Waals surface area (Å²) in [6.07, 6.45) is 3.69. The van der Waals surface area contributed by atoms with Gasteiger partial charge in [0.1, 0.15) is 0 Å². The fourth-order valence-electron chi connectivity index (χ4n) is 2.76. The van der Waals surface area contributed by atoms with Crippen LogP contribution in [-0.2, 0) is 4.79 Å². The Bertz CT molecular complexity index is 467. The summed E-state index contributed by atoms with van der Waals surface area (Å²) in [5, 5.41) is 9.91. The smallest absolute Gasteiger partial charge is 0.221 e. The highest BCUT2D eigenvalue weighted by atomic mass is 16.1. The number of carbonyl (C=O) groups is 1. The van der Waals surface area contributed by atoms with Gasteiger partial charge in [-0.15, -0.1) is 0 Å². The van der Waals surface area contributed by atoms with Crippen LogP contribution in [0.15, 0.2) is 18.2 Å². The summed E-state index contributed by atoms with van der Waals surface area (Å²) in [6, 6.07) is 7.17. The molecular formula is C16H25N3O. The number of aryl methyl sites for hydroxylation is 1. The third kappa shape index (κ3) is 4.23. The van der Waals surface area contributed by atoms with Crippen LogP contribution in [0.25, 0.3) is 0 Å². The van der Waals surface area contributed by atoms with E-state index >= 15 is 0 Å². The molecule has 0 saturated carbocycles. The monoisotopic (exact) mass is 275 g/mol. The molecule has 0 aliphatic carbocycles. The molecule has 4 heteroatoms. The molecule has 2 rings (SSSR count). The molecule has 1 aliphatic heterocycles. The summed E-state index contributed by atoms with van der Waals surface area (Å²) in [7, 11) is 0. The molecule has 1 saturated heterocycles. The van der Waals surface area contributed by atoms with Gasteiger partial charge in [0.2, 0.25) is 5.91 Å². The lowest BCUT2D eigenvalue weighted by molar-refractivity contribution is -0.114. The fourth-order valence-corrected chi connectivity index (χ4v) is 2.76. The van der Waals surface area contributed by atoms with Gasteiger partial charge in [0.25, 0.3) is 0 Å². The Kier molecular flexibility index (Phi) is 5.01. The van der Waals surface area contributed by atoms with E-state index in [-0.39, 0.29) is 5.91 Å². The number of rotatable bonds is 5. The van der Waals surface area contributed by atoms with Crippen molar-refractivity contribution in [2.45, 2.75) is 52.1 Å². The van der Waals surface area contributed by atoms with Gasteiger partial charge in [0.05, 0.1) is 0 Å². The van der Waals surface area contributed by atoms with Gasteiger partial charge >= 0.3 is 0 Å². The van der Waals surface area contributed by atoms with Gasteiger partial charge in [-0.05, 0) is 57.4 Å². The first-order valence-corrected chi connectivity index (χ1v) is 7.43. The van der Waals surface area contributed by atoms with Crippen molar-refractivity contribution in [1.82, 2.24) is 5.32 Å². The number of amides is 1. The fraction of sp³-hybridized carbons (Fsp3) is 0.562. The van der Waals surface area contributed by atoms with Crippen molar-refractivity contribution in [3.8, 4) is 0 Å². The van der Waals surface area contributed by atoms with Crippen LogP contribution in [-0.4, -0.2) is 24.5 Å². The molecule has 3 N–H and O–H groups in total. The molecule has 0 radical (unpaired) electrons. The molecule has 4 nitrogen and oxygen atoms in total. The van der Waals surface area contributed by atoms with E-state index in [9.17, 15) is 4.79 Å². The molecule has 1 amide bonds. The van der Waals surface area contributed by atoms with Crippen molar-refractivity contribution in [3.05, 3.63) is 23.8 Å². The maximum atomic E-state index is 11.2. The Morgan fingerprint density at radius 1 is 1.50 bits per heavy atom. The van der Waals surface area contributed by atoms with Gasteiger partial charge in [-0.3, -0.25) is 4.79 Å². The van der Waals surface area contributed by atoms with E-state index in [1.54, 1.807) is 0 Å². The first kappa shape index (κ1) is 14.9. The van der Waals surface area contributed by atoms with Crippen LogP contribution < -0.4 is 16.0 Å². The van der Waals surface area contributed by atoms with Crippen LogP contribution in [0.2, 0.25) is 0 Å². The number of nitrogens with one attached hydrogen (secondary N) is 3. The molecule has 0 spiro atoms. The van der Waals surface area contributed by atoms with Gasteiger partial charge in [-0.2, -0.15) is 0 Å². The molecule has 2 unspecified atom stereocenters. The number of hydrogen-bond donors (Lipinski definition) is 3. The average molecular weight is 275 g/mol. The van der Waals surface area contributed by atoms with Crippen LogP contribution in [0.4, 0.5) is 11.4 Å². The summed E-state index contributed by atoms with van der Waals surface area (Å²) in [4.78, 5) is 11.2. The Balaban J connectivity index is 1.95. The zero-order valence-electron chi connectivity index (χ0n) is 12.6. The highest BCUT2D eigenvalue weighted by Crippen LogP contribution is 2.22. The summed E-state index contributed by atoms with van der Waals surface area (Å²) >= 11 is 0. The molecular weight excluding hydrogens is 250 g/mol. The van der Waals surface area contributed by atoms with Gasteiger partial charge in [-0.1, -0.05) is 6.07 Å². The van der Waals surface area contributed by atoms with Crippen molar-refractivity contribution in [2.75, 3.05) is 17.2 Å². The standard InChI is InChI=1S/C16H25N3O/c1-11-6-7-15(10-16(11)19-13(3)20)18-12(2)9-14-5-4-8-17-14/h6-7,10,12,14,17-18H,4-5,8-9H2,1-3H3,(H,19,20). The molecule has 20 heavy (non-hydrogen) atoms. The molecule has 1 fully saturated rings. The number of anilines is 2. The molecule has 1 aromatic carbocycles. The van der Waals surface area contributed by atoms with Crippen molar-refractivity contribution in [2.24, 2.45) is 0 Å².